The lowest BCUT2D eigenvalue weighted by Crippen LogP contribution is -2.28. The van der Waals surface area contributed by atoms with E-state index in [1.807, 2.05) is 74.5 Å². The first kappa shape index (κ1) is 15.6. The number of hydrogen-bond donors (Lipinski definition) is 0. The van der Waals surface area contributed by atoms with Gasteiger partial charge in [0.1, 0.15) is 0 Å². The van der Waals surface area contributed by atoms with Crippen molar-refractivity contribution in [3.63, 3.8) is 0 Å². The minimum atomic E-state index is 0.0206. The van der Waals surface area contributed by atoms with Gasteiger partial charge in [-0.3, -0.25) is 9.69 Å². The van der Waals surface area contributed by atoms with E-state index in [0.29, 0.717) is 11.4 Å². The van der Waals surface area contributed by atoms with E-state index in [2.05, 4.69) is 4.99 Å². The molecule has 0 saturated carbocycles. The Kier molecular flexibility index (Phi) is 4.63. The van der Waals surface area contributed by atoms with Crippen LogP contribution in [0.3, 0.4) is 0 Å². The van der Waals surface area contributed by atoms with Gasteiger partial charge < -0.3 is 0 Å². The molecule has 23 heavy (non-hydrogen) atoms. The molecule has 0 N–H and O–H groups in total. The van der Waals surface area contributed by atoms with E-state index in [1.54, 1.807) is 4.90 Å². The number of benzene rings is 2. The zero-order valence-corrected chi connectivity index (χ0v) is 14.0. The summed E-state index contributed by atoms with van der Waals surface area (Å²) < 4.78 is 0. The van der Waals surface area contributed by atoms with Crippen LogP contribution in [0.15, 0.2) is 64.5 Å². The number of rotatable bonds is 3. The summed E-state index contributed by atoms with van der Waals surface area (Å²) in [6.07, 6.45) is 1.92. The average Bonchev–Trinajstić information content (AvgIpc) is 2.85. The summed E-state index contributed by atoms with van der Waals surface area (Å²) in [7, 11) is 0. The van der Waals surface area contributed by atoms with E-state index >= 15 is 0 Å². The maximum absolute atomic E-state index is 12.6. The fraction of sp³-hybridized carbons (Fsp3) is 0.158. The van der Waals surface area contributed by atoms with Crippen molar-refractivity contribution in [1.29, 1.82) is 0 Å². The summed E-state index contributed by atoms with van der Waals surface area (Å²) in [6.45, 7) is 4.63. The van der Waals surface area contributed by atoms with Crippen molar-refractivity contribution < 1.29 is 4.79 Å². The molecule has 0 radical (unpaired) electrons. The van der Waals surface area contributed by atoms with Gasteiger partial charge in [-0.15, -0.1) is 0 Å². The predicted octanol–water partition coefficient (Wildman–Crippen LogP) is 4.62. The molecule has 3 nitrogen and oxygen atoms in total. The van der Waals surface area contributed by atoms with Crippen LogP contribution in [0.1, 0.15) is 18.1 Å². The van der Waals surface area contributed by atoms with Crippen molar-refractivity contribution >= 4 is 34.6 Å². The monoisotopic (exact) mass is 322 g/mol. The number of likely N-dealkylation sites (N-methyl/N-ethyl adjacent to an activating group) is 1. The highest BCUT2D eigenvalue weighted by Gasteiger charge is 2.32. The Hall–Kier alpha value is -2.33. The smallest absolute Gasteiger partial charge is 0.266 e. The van der Waals surface area contributed by atoms with Crippen molar-refractivity contribution in [2.24, 2.45) is 4.99 Å². The Bertz CT molecular complexity index is 764. The number of hydrogen-bond acceptors (Lipinski definition) is 3. The molecule has 3 rings (SSSR count). The number of amides is 1. The van der Waals surface area contributed by atoms with Crippen LogP contribution in [0.5, 0.6) is 0 Å². The molecular formula is C19H18N2OS. The molecule has 2 aromatic carbocycles. The van der Waals surface area contributed by atoms with Crippen LogP contribution in [0.25, 0.3) is 6.08 Å². The minimum Gasteiger partial charge on any atom is -0.287 e. The first-order valence-electron chi connectivity index (χ1n) is 7.59. The number of aliphatic imine (C=N–C) groups is 1. The first-order chi connectivity index (χ1) is 11.2. The molecule has 4 heteroatoms. The van der Waals surface area contributed by atoms with Gasteiger partial charge in [-0.2, -0.15) is 0 Å². The molecule has 1 aliphatic heterocycles. The van der Waals surface area contributed by atoms with Gasteiger partial charge in [0.25, 0.3) is 5.91 Å². The predicted molar refractivity (Wildman–Crippen MR) is 97.7 cm³/mol. The summed E-state index contributed by atoms with van der Waals surface area (Å²) in [4.78, 5) is 19.6. The van der Waals surface area contributed by atoms with Gasteiger partial charge in [-0.25, -0.2) is 4.99 Å². The van der Waals surface area contributed by atoms with Gasteiger partial charge in [0.15, 0.2) is 5.17 Å². The van der Waals surface area contributed by atoms with Gasteiger partial charge >= 0.3 is 0 Å². The number of amidine groups is 1. The van der Waals surface area contributed by atoms with E-state index in [0.717, 1.165) is 16.4 Å². The van der Waals surface area contributed by atoms with Crippen LogP contribution in [0.4, 0.5) is 5.69 Å². The van der Waals surface area contributed by atoms with Gasteiger partial charge in [-0.05, 0) is 49.4 Å². The van der Waals surface area contributed by atoms with Crippen molar-refractivity contribution in [3.8, 4) is 0 Å². The molecule has 0 aromatic heterocycles. The lowest BCUT2D eigenvalue weighted by atomic mass is 10.2. The molecule has 2 aromatic rings. The normalized spacial score (nSPS) is 18.2. The zero-order valence-electron chi connectivity index (χ0n) is 13.2. The highest BCUT2D eigenvalue weighted by atomic mass is 32.2. The van der Waals surface area contributed by atoms with Crippen LogP contribution in [0.2, 0.25) is 0 Å². The molecule has 1 fully saturated rings. The Labute approximate surface area is 140 Å². The van der Waals surface area contributed by atoms with Crippen molar-refractivity contribution in [2.45, 2.75) is 13.8 Å². The summed E-state index contributed by atoms with van der Waals surface area (Å²) in [5.74, 6) is 0.0206. The SMILES string of the molecule is CCN1C(=O)/C(=C/c2ccccc2)S/C1=N\c1ccc(C)cc1. The average molecular weight is 322 g/mol. The Balaban J connectivity index is 1.91. The number of thioether (sulfide) groups is 1. The van der Waals surface area contributed by atoms with Gasteiger partial charge in [0.05, 0.1) is 10.6 Å². The third-order valence-electron chi connectivity index (χ3n) is 3.56. The van der Waals surface area contributed by atoms with E-state index in [-0.39, 0.29) is 5.91 Å². The summed E-state index contributed by atoms with van der Waals surface area (Å²) in [5, 5.41) is 0.739. The summed E-state index contributed by atoms with van der Waals surface area (Å²) >= 11 is 1.43. The van der Waals surface area contributed by atoms with E-state index in [9.17, 15) is 4.79 Å². The first-order valence-corrected chi connectivity index (χ1v) is 8.41. The number of nitrogens with zero attached hydrogens (tertiary/aromatic N) is 2. The van der Waals surface area contributed by atoms with Crippen LogP contribution in [0, 0.1) is 6.92 Å². The fourth-order valence-electron chi connectivity index (χ4n) is 2.30. The van der Waals surface area contributed by atoms with Gasteiger partial charge in [0.2, 0.25) is 0 Å². The topological polar surface area (TPSA) is 32.7 Å². The molecule has 1 amide bonds. The maximum Gasteiger partial charge on any atom is 0.266 e. The van der Waals surface area contributed by atoms with Gasteiger partial charge in [0, 0.05) is 6.54 Å². The van der Waals surface area contributed by atoms with Crippen LogP contribution in [-0.4, -0.2) is 22.5 Å². The molecule has 0 atom stereocenters. The lowest BCUT2D eigenvalue weighted by Gasteiger charge is -2.11. The number of carbonyl (C=O) groups excluding carboxylic acids is 1. The Morgan fingerprint density at radius 2 is 1.78 bits per heavy atom. The van der Waals surface area contributed by atoms with Gasteiger partial charge in [-0.1, -0.05) is 48.0 Å². The quantitative estimate of drug-likeness (QED) is 0.773. The van der Waals surface area contributed by atoms with E-state index in [4.69, 9.17) is 0 Å². The zero-order chi connectivity index (χ0) is 16.2. The third kappa shape index (κ3) is 3.54. The largest absolute Gasteiger partial charge is 0.287 e. The standard InChI is InChI=1S/C19H18N2OS/c1-3-21-18(22)17(13-15-7-5-4-6-8-15)23-19(21)20-16-11-9-14(2)10-12-16/h4-13H,3H2,1-2H3/b17-13-,20-19-. The number of carbonyl (C=O) groups is 1. The molecule has 1 saturated heterocycles. The summed E-state index contributed by atoms with van der Waals surface area (Å²) in [6, 6.07) is 17.9. The second-order valence-electron chi connectivity index (χ2n) is 5.30. The van der Waals surface area contributed by atoms with Crippen molar-refractivity contribution in [1.82, 2.24) is 4.90 Å². The molecule has 0 bridgehead atoms. The van der Waals surface area contributed by atoms with E-state index in [1.165, 1.54) is 17.3 Å². The Morgan fingerprint density at radius 3 is 2.43 bits per heavy atom. The van der Waals surface area contributed by atoms with Crippen LogP contribution in [-0.2, 0) is 4.79 Å². The van der Waals surface area contributed by atoms with Crippen molar-refractivity contribution in [2.75, 3.05) is 6.54 Å². The molecule has 0 aliphatic carbocycles. The highest BCUT2D eigenvalue weighted by molar-refractivity contribution is 8.18. The molecule has 0 spiro atoms. The molecule has 1 aliphatic rings. The Morgan fingerprint density at radius 1 is 1.09 bits per heavy atom. The summed E-state index contributed by atoms with van der Waals surface area (Å²) in [5.41, 5.74) is 3.09. The number of aryl methyl sites for hydroxylation is 1. The van der Waals surface area contributed by atoms with Crippen LogP contribution >= 0.6 is 11.8 Å². The third-order valence-corrected chi connectivity index (χ3v) is 4.57. The molecule has 0 unspecified atom stereocenters. The minimum absolute atomic E-state index is 0.0206. The second kappa shape index (κ2) is 6.84. The fourth-order valence-corrected chi connectivity index (χ4v) is 3.36. The van der Waals surface area contributed by atoms with Crippen molar-refractivity contribution in [3.05, 3.63) is 70.6 Å². The van der Waals surface area contributed by atoms with Crippen LogP contribution < -0.4 is 0 Å². The maximum atomic E-state index is 12.6. The molecule has 116 valence electrons. The highest BCUT2D eigenvalue weighted by Crippen LogP contribution is 2.33. The lowest BCUT2D eigenvalue weighted by molar-refractivity contribution is -0.122. The van der Waals surface area contributed by atoms with E-state index < -0.39 is 0 Å². The molecular weight excluding hydrogens is 304 g/mol. The molecule has 1 heterocycles. The second-order valence-corrected chi connectivity index (χ2v) is 6.31.